The molecule has 2 aromatic rings. The molecule has 1 aromatic carbocycles. The number of hydrogen-bond donors (Lipinski definition) is 2. The maximum atomic E-state index is 12.2. The minimum absolute atomic E-state index is 0.0494. The Morgan fingerprint density at radius 3 is 2.33 bits per heavy atom. The van der Waals surface area contributed by atoms with Crippen LogP contribution in [-0.4, -0.2) is 64.6 Å². The summed E-state index contributed by atoms with van der Waals surface area (Å²) in [6.45, 7) is 3.23. The molecule has 2 heterocycles. The van der Waals surface area contributed by atoms with Crippen LogP contribution in [0.5, 0.6) is 0 Å². The fourth-order valence-corrected chi connectivity index (χ4v) is 3.08. The van der Waals surface area contributed by atoms with Crippen molar-refractivity contribution in [3.8, 4) is 0 Å². The molecular weight excluding hydrogens is 346 g/mol. The van der Waals surface area contributed by atoms with Crippen LogP contribution in [0.15, 0.2) is 48.8 Å². The number of carbonyl (C=O) groups excluding carboxylic acids is 1. The average Bonchev–Trinajstić information content (AvgIpc) is 2.69. The zero-order valence-corrected chi connectivity index (χ0v) is 15.0. The van der Waals surface area contributed by atoms with Gasteiger partial charge in [0.05, 0.1) is 5.92 Å². The van der Waals surface area contributed by atoms with Crippen molar-refractivity contribution in [1.82, 2.24) is 14.9 Å². The Labute approximate surface area is 157 Å². The van der Waals surface area contributed by atoms with Gasteiger partial charge in [0.25, 0.3) is 0 Å². The van der Waals surface area contributed by atoms with Crippen LogP contribution in [0.1, 0.15) is 6.42 Å². The lowest BCUT2D eigenvalue weighted by molar-refractivity contribution is -0.144. The van der Waals surface area contributed by atoms with Crippen molar-refractivity contribution >= 4 is 23.5 Å². The van der Waals surface area contributed by atoms with E-state index in [0.717, 1.165) is 13.1 Å². The molecule has 1 saturated heterocycles. The largest absolute Gasteiger partial charge is 0.481 e. The van der Waals surface area contributed by atoms with Gasteiger partial charge in [-0.05, 0) is 18.2 Å². The Bertz CT molecular complexity index is 748. The van der Waals surface area contributed by atoms with E-state index in [0.29, 0.717) is 31.3 Å². The van der Waals surface area contributed by atoms with Gasteiger partial charge in [0.15, 0.2) is 0 Å². The van der Waals surface area contributed by atoms with Crippen molar-refractivity contribution in [2.45, 2.75) is 6.42 Å². The lowest BCUT2D eigenvalue weighted by atomic mass is 10.0. The first-order chi connectivity index (χ1) is 13.1. The number of aliphatic carboxylic acids is 1. The van der Waals surface area contributed by atoms with Crippen LogP contribution in [-0.2, 0) is 9.59 Å². The summed E-state index contributed by atoms with van der Waals surface area (Å²) in [5.74, 6) is -1.29. The summed E-state index contributed by atoms with van der Waals surface area (Å²) in [6, 6.07) is 10.8. The predicted molar refractivity (Wildman–Crippen MR) is 101 cm³/mol. The lowest BCUT2D eigenvalue weighted by Crippen LogP contribution is -2.49. The van der Waals surface area contributed by atoms with Gasteiger partial charge in [0.2, 0.25) is 11.9 Å². The van der Waals surface area contributed by atoms with Gasteiger partial charge in [0, 0.05) is 57.2 Å². The molecule has 2 N–H and O–H groups in total. The first-order valence-corrected chi connectivity index (χ1v) is 8.94. The van der Waals surface area contributed by atoms with E-state index in [1.165, 1.54) is 0 Å². The number of amides is 1. The number of carbonyl (C=O) groups is 2. The van der Waals surface area contributed by atoms with E-state index in [-0.39, 0.29) is 12.3 Å². The van der Waals surface area contributed by atoms with Gasteiger partial charge < -0.3 is 15.3 Å². The maximum Gasteiger partial charge on any atom is 0.308 e. The van der Waals surface area contributed by atoms with Crippen molar-refractivity contribution in [2.24, 2.45) is 5.92 Å². The summed E-state index contributed by atoms with van der Waals surface area (Å²) in [4.78, 5) is 36.4. The summed E-state index contributed by atoms with van der Waals surface area (Å²) in [7, 11) is 0. The third-order valence-corrected chi connectivity index (χ3v) is 4.52. The Hall–Kier alpha value is -3.00. The second kappa shape index (κ2) is 9.09. The molecule has 0 unspecified atom stereocenters. The molecule has 0 bridgehead atoms. The second-order valence-corrected chi connectivity index (χ2v) is 6.49. The van der Waals surface area contributed by atoms with E-state index in [4.69, 9.17) is 0 Å². The third kappa shape index (κ3) is 5.49. The van der Waals surface area contributed by atoms with Gasteiger partial charge in [-0.15, -0.1) is 0 Å². The number of anilines is 2. The molecule has 1 atom stereocenters. The molecule has 1 amide bonds. The van der Waals surface area contributed by atoms with Crippen molar-refractivity contribution in [1.29, 1.82) is 0 Å². The molecule has 1 aromatic heterocycles. The number of carboxylic acids is 1. The highest BCUT2D eigenvalue weighted by Crippen LogP contribution is 2.14. The zero-order valence-electron chi connectivity index (χ0n) is 15.0. The summed E-state index contributed by atoms with van der Waals surface area (Å²) >= 11 is 0. The lowest BCUT2D eigenvalue weighted by Gasteiger charge is -2.35. The van der Waals surface area contributed by atoms with Gasteiger partial charge >= 0.3 is 5.97 Å². The van der Waals surface area contributed by atoms with Crippen LogP contribution in [0.25, 0.3) is 0 Å². The average molecular weight is 369 g/mol. The number of nitrogens with one attached hydrogen (secondary N) is 1. The molecule has 8 heteroatoms. The fraction of sp³-hybridized carbons (Fsp3) is 0.368. The van der Waals surface area contributed by atoms with Crippen LogP contribution in [0.2, 0.25) is 0 Å². The SMILES string of the molecule is O=C(C[C@H](CN1CCN(c2ncccn2)CC1)C(=O)O)Nc1ccccc1. The number of carboxylic acid groups (broad SMARTS) is 1. The molecule has 27 heavy (non-hydrogen) atoms. The molecule has 1 fully saturated rings. The van der Waals surface area contributed by atoms with Crippen molar-refractivity contribution < 1.29 is 14.7 Å². The second-order valence-electron chi connectivity index (χ2n) is 6.49. The Morgan fingerprint density at radius 2 is 1.70 bits per heavy atom. The van der Waals surface area contributed by atoms with Crippen LogP contribution >= 0.6 is 0 Å². The van der Waals surface area contributed by atoms with Crippen LogP contribution in [0.4, 0.5) is 11.6 Å². The summed E-state index contributed by atoms with van der Waals surface area (Å²) in [5, 5.41) is 12.3. The number of piperazine rings is 1. The molecule has 3 rings (SSSR count). The Balaban J connectivity index is 1.50. The topological polar surface area (TPSA) is 98.7 Å². The van der Waals surface area contributed by atoms with Crippen molar-refractivity contribution in [2.75, 3.05) is 42.9 Å². The van der Waals surface area contributed by atoms with Gasteiger partial charge in [0.1, 0.15) is 0 Å². The highest BCUT2D eigenvalue weighted by atomic mass is 16.4. The third-order valence-electron chi connectivity index (χ3n) is 4.52. The highest BCUT2D eigenvalue weighted by Gasteiger charge is 2.27. The number of aromatic nitrogens is 2. The Morgan fingerprint density at radius 1 is 1.04 bits per heavy atom. The van der Waals surface area contributed by atoms with Crippen molar-refractivity contribution in [3.05, 3.63) is 48.8 Å². The molecule has 0 radical (unpaired) electrons. The molecule has 1 aliphatic heterocycles. The Kier molecular flexibility index (Phi) is 6.32. The zero-order chi connectivity index (χ0) is 19.1. The van der Waals surface area contributed by atoms with Crippen LogP contribution in [0.3, 0.4) is 0 Å². The smallest absolute Gasteiger partial charge is 0.308 e. The summed E-state index contributed by atoms with van der Waals surface area (Å²) < 4.78 is 0. The van der Waals surface area contributed by atoms with Gasteiger partial charge in [-0.2, -0.15) is 0 Å². The van der Waals surface area contributed by atoms with E-state index in [2.05, 4.69) is 25.1 Å². The summed E-state index contributed by atoms with van der Waals surface area (Å²) in [6.07, 6.45) is 3.37. The standard InChI is InChI=1S/C19H23N5O3/c25-17(22-16-5-2-1-3-6-16)13-15(18(26)27)14-23-9-11-24(12-10-23)19-20-7-4-8-21-19/h1-8,15H,9-14H2,(H,22,25)(H,26,27)/t15-/m1/s1. The number of para-hydroxylation sites is 1. The predicted octanol–water partition coefficient (Wildman–Crippen LogP) is 1.33. The van der Waals surface area contributed by atoms with Gasteiger partial charge in [-0.1, -0.05) is 18.2 Å². The first-order valence-electron chi connectivity index (χ1n) is 8.94. The molecule has 142 valence electrons. The summed E-state index contributed by atoms with van der Waals surface area (Å²) in [5.41, 5.74) is 0.670. The van der Waals surface area contributed by atoms with Crippen molar-refractivity contribution in [3.63, 3.8) is 0 Å². The van der Waals surface area contributed by atoms with E-state index < -0.39 is 11.9 Å². The van der Waals surface area contributed by atoms with Gasteiger partial charge in [-0.3, -0.25) is 14.5 Å². The molecular formula is C19H23N5O3. The maximum absolute atomic E-state index is 12.2. The number of rotatable bonds is 7. The number of hydrogen-bond acceptors (Lipinski definition) is 6. The minimum Gasteiger partial charge on any atom is -0.481 e. The van der Waals surface area contributed by atoms with E-state index in [9.17, 15) is 14.7 Å². The van der Waals surface area contributed by atoms with Crippen LogP contribution in [0, 0.1) is 5.92 Å². The molecule has 0 aliphatic carbocycles. The fourth-order valence-electron chi connectivity index (χ4n) is 3.08. The monoisotopic (exact) mass is 369 g/mol. The van der Waals surface area contributed by atoms with E-state index in [1.807, 2.05) is 18.2 Å². The molecule has 1 aliphatic rings. The number of nitrogens with zero attached hydrogens (tertiary/aromatic N) is 4. The van der Waals surface area contributed by atoms with Crippen LogP contribution < -0.4 is 10.2 Å². The normalized spacial score (nSPS) is 15.9. The molecule has 0 spiro atoms. The molecule has 0 saturated carbocycles. The van der Waals surface area contributed by atoms with E-state index in [1.54, 1.807) is 30.6 Å². The molecule has 8 nitrogen and oxygen atoms in total. The first kappa shape index (κ1) is 18.8. The highest BCUT2D eigenvalue weighted by molar-refractivity contribution is 5.93. The number of benzene rings is 1. The minimum atomic E-state index is -0.952. The van der Waals surface area contributed by atoms with E-state index >= 15 is 0 Å². The van der Waals surface area contributed by atoms with Gasteiger partial charge in [-0.25, -0.2) is 9.97 Å². The quantitative estimate of drug-likeness (QED) is 0.760.